The van der Waals surface area contributed by atoms with Crippen LogP contribution in [0.5, 0.6) is 0 Å². The Morgan fingerprint density at radius 3 is 2.62 bits per heavy atom. The van der Waals surface area contributed by atoms with Crippen LogP contribution in [0.4, 0.5) is 0 Å². The number of hydrogen-bond acceptors (Lipinski definition) is 4. The zero-order valence-electron chi connectivity index (χ0n) is 13.6. The highest BCUT2D eigenvalue weighted by Gasteiger charge is 2.21. The van der Waals surface area contributed by atoms with E-state index in [1.54, 1.807) is 24.6 Å². The summed E-state index contributed by atoms with van der Waals surface area (Å²) in [4.78, 5) is 28.6. The minimum Gasteiger partial charge on any atom is -0.357 e. The Balaban J connectivity index is 2.09. The molecule has 1 aromatic carbocycles. The maximum absolute atomic E-state index is 12.4. The zero-order valence-corrected chi connectivity index (χ0v) is 15.2. The third-order valence-corrected chi connectivity index (χ3v) is 4.69. The first kappa shape index (κ1) is 18.4. The van der Waals surface area contributed by atoms with Crippen LogP contribution in [0.3, 0.4) is 0 Å². The van der Waals surface area contributed by atoms with Gasteiger partial charge in [-0.3, -0.25) is 9.59 Å². The van der Waals surface area contributed by atoms with Crippen molar-refractivity contribution >= 4 is 34.8 Å². The first-order valence-corrected chi connectivity index (χ1v) is 9.04. The van der Waals surface area contributed by atoms with E-state index in [2.05, 4.69) is 15.6 Å². The van der Waals surface area contributed by atoms with E-state index in [4.69, 9.17) is 11.6 Å². The fraction of sp³-hybridized carbons (Fsp3) is 0.353. The number of carbonyl (C=O) groups excluding carboxylic acids is 2. The molecule has 7 heteroatoms. The maximum Gasteiger partial charge on any atom is 0.271 e. The lowest BCUT2D eigenvalue weighted by molar-refractivity contribution is -0.122. The Kier molecular flexibility index (Phi) is 6.75. The Morgan fingerprint density at radius 2 is 2.00 bits per heavy atom. The number of nitrogens with one attached hydrogen (secondary N) is 2. The number of amides is 2. The van der Waals surface area contributed by atoms with Gasteiger partial charge in [0.05, 0.1) is 0 Å². The molecule has 2 amide bonds. The number of thiazole rings is 1. The van der Waals surface area contributed by atoms with E-state index in [1.807, 2.05) is 19.1 Å². The maximum atomic E-state index is 12.4. The van der Waals surface area contributed by atoms with Gasteiger partial charge in [0.1, 0.15) is 16.7 Å². The highest BCUT2D eigenvalue weighted by Crippen LogP contribution is 2.25. The number of rotatable bonds is 7. The van der Waals surface area contributed by atoms with Gasteiger partial charge < -0.3 is 10.6 Å². The van der Waals surface area contributed by atoms with Crippen molar-refractivity contribution in [2.24, 2.45) is 0 Å². The highest BCUT2D eigenvalue weighted by atomic mass is 35.5. The quantitative estimate of drug-likeness (QED) is 0.788. The Bertz CT molecular complexity index is 700. The molecule has 2 aromatic rings. The topological polar surface area (TPSA) is 71.1 Å². The number of carbonyl (C=O) groups is 2. The summed E-state index contributed by atoms with van der Waals surface area (Å²) in [6.45, 7) is 2.04. The summed E-state index contributed by atoms with van der Waals surface area (Å²) in [5, 5.41) is 8.43. The summed E-state index contributed by atoms with van der Waals surface area (Å²) in [7, 11) is 1.56. The molecule has 0 radical (unpaired) electrons. The second kappa shape index (κ2) is 8.80. The summed E-state index contributed by atoms with van der Waals surface area (Å²) in [5.41, 5.74) is 1.22. The standard InChI is InChI=1S/C17H20ClN3O2S/c1-3-4-5-13(15(22)19-2)20-16(23)14-10-24-17(21-14)11-6-8-12(18)9-7-11/h6-10,13H,3-5H2,1-2H3,(H,19,22)(H,20,23)/t13-/m0/s1. The van der Waals surface area contributed by atoms with Gasteiger partial charge in [-0.2, -0.15) is 0 Å². The Labute approximate surface area is 150 Å². The molecule has 0 aliphatic heterocycles. The lowest BCUT2D eigenvalue weighted by Gasteiger charge is -2.16. The number of nitrogens with zero attached hydrogens (tertiary/aromatic N) is 1. The first-order chi connectivity index (χ1) is 11.5. The molecular formula is C17H20ClN3O2S. The number of benzene rings is 1. The normalized spacial score (nSPS) is 11.8. The molecule has 0 unspecified atom stereocenters. The largest absolute Gasteiger partial charge is 0.357 e. The van der Waals surface area contributed by atoms with Gasteiger partial charge >= 0.3 is 0 Å². The van der Waals surface area contributed by atoms with Crippen molar-refractivity contribution in [2.75, 3.05) is 7.05 Å². The van der Waals surface area contributed by atoms with Crippen molar-refractivity contribution in [3.8, 4) is 10.6 Å². The van der Waals surface area contributed by atoms with E-state index >= 15 is 0 Å². The van der Waals surface area contributed by atoms with Crippen LogP contribution in [0.1, 0.15) is 36.7 Å². The molecule has 0 saturated heterocycles. The van der Waals surface area contributed by atoms with Gasteiger partial charge in [0, 0.05) is 23.0 Å². The van der Waals surface area contributed by atoms with Gasteiger partial charge in [-0.25, -0.2) is 4.98 Å². The fourth-order valence-corrected chi connectivity index (χ4v) is 3.12. The van der Waals surface area contributed by atoms with Crippen molar-refractivity contribution < 1.29 is 9.59 Å². The van der Waals surface area contributed by atoms with Gasteiger partial charge in [0.25, 0.3) is 5.91 Å². The average Bonchev–Trinajstić information content (AvgIpc) is 3.08. The number of aromatic nitrogens is 1. The molecular weight excluding hydrogens is 346 g/mol. The van der Waals surface area contributed by atoms with Crippen LogP contribution in [-0.2, 0) is 4.79 Å². The van der Waals surface area contributed by atoms with Gasteiger partial charge in [-0.05, 0) is 18.6 Å². The third kappa shape index (κ3) is 4.79. The molecule has 0 aliphatic carbocycles. The van der Waals surface area contributed by atoms with Gasteiger partial charge in [0.2, 0.25) is 5.91 Å². The first-order valence-electron chi connectivity index (χ1n) is 7.79. The van der Waals surface area contributed by atoms with Gasteiger partial charge in [-0.1, -0.05) is 43.5 Å². The molecule has 24 heavy (non-hydrogen) atoms. The minimum absolute atomic E-state index is 0.190. The molecule has 1 aromatic heterocycles. The van der Waals surface area contributed by atoms with E-state index in [9.17, 15) is 9.59 Å². The molecule has 0 spiro atoms. The lowest BCUT2D eigenvalue weighted by atomic mass is 10.1. The molecule has 5 nitrogen and oxygen atoms in total. The second-order valence-corrected chi connectivity index (χ2v) is 6.62. The van der Waals surface area contributed by atoms with E-state index in [0.717, 1.165) is 23.4 Å². The molecule has 1 atom stereocenters. The van der Waals surface area contributed by atoms with Crippen molar-refractivity contribution in [3.05, 3.63) is 40.4 Å². The molecule has 1 heterocycles. The molecule has 0 bridgehead atoms. The SMILES string of the molecule is CCCC[C@H](NC(=O)c1csc(-c2ccc(Cl)cc2)n1)C(=O)NC. The molecule has 2 N–H and O–H groups in total. The predicted molar refractivity (Wildman–Crippen MR) is 97.4 cm³/mol. The van der Waals surface area contributed by atoms with Crippen LogP contribution >= 0.6 is 22.9 Å². The van der Waals surface area contributed by atoms with Gasteiger partial charge in [0.15, 0.2) is 0 Å². The van der Waals surface area contributed by atoms with Crippen LogP contribution in [0.2, 0.25) is 5.02 Å². The lowest BCUT2D eigenvalue weighted by Crippen LogP contribution is -2.45. The summed E-state index contributed by atoms with van der Waals surface area (Å²) in [6, 6.07) is 6.74. The smallest absolute Gasteiger partial charge is 0.271 e. The summed E-state index contributed by atoms with van der Waals surface area (Å²) in [6.07, 6.45) is 2.43. The monoisotopic (exact) mass is 365 g/mol. The highest BCUT2D eigenvalue weighted by molar-refractivity contribution is 7.13. The van der Waals surface area contributed by atoms with Crippen LogP contribution in [0.25, 0.3) is 10.6 Å². The number of hydrogen-bond donors (Lipinski definition) is 2. The van der Waals surface area contributed by atoms with E-state index < -0.39 is 6.04 Å². The van der Waals surface area contributed by atoms with Crippen molar-refractivity contribution in [1.82, 2.24) is 15.6 Å². The third-order valence-electron chi connectivity index (χ3n) is 3.54. The summed E-state index contributed by atoms with van der Waals surface area (Å²) >= 11 is 7.26. The van der Waals surface area contributed by atoms with E-state index in [1.165, 1.54) is 11.3 Å². The van der Waals surface area contributed by atoms with Crippen LogP contribution < -0.4 is 10.6 Å². The summed E-state index contributed by atoms with van der Waals surface area (Å²) in [5.74, 6) is -0.527. The molecule has 128 valence electrons. The zero-order chi connectivity index (χ0) is 17.5. The van der Waals surface area contributed by atoms with Crippen LogP contribution in [0, 0.1) is 0 Å². The Morgan fingerprint density at radius 1 is 1.29 bits per heavy atom. The summed E-state index contributed by atoms with van der Waals surface area (Å²) < 4.78 is 0. The Hall–Kier alpha value is -1.92. The van der Waals surface area contributed by atoms with Crippen molar-refractivity contribution in [3.63, 3.8) is 0 Å². The van der Waals surface area contributed by atoms with E-state index in [0.29, 0.717) is 17.1 Å². The van der Waals surface area contributed by atoms with Crippen LogP contribution in [-0.4, -0.2) is 29.9 Å². The van der Waals surface area contributed by atoms with Crippen molar-refractivity contribution in [1.29, 1.82) is 0 Å². The molecule has 0 saturated carbocycles. The molecule has 2 rings (SSSR count). The predicted octanol–water partition coefficient (Wildman–Crippen LogP) is 3.50. The fourth-order valence-electron chi connectivity index (χ4n) is 2.19. The minimum atomic E-state index is -0.539. The van der Waals surface area contributed by atoms with E-state index in [-0.39, 0.29) is 11.8 Å². The average molecular weight is 366 g/mol. The van der Waals surface area contributed by atoms with Crippen LogP contribution in [0.15, 0.2) is 29.6 Å². The number of halogens is 1. The number of likely N-dealkylation sites (N-methyl/N-ethyl adjacent to an activating group) is 1. The number of unbranched alkanes of at least 4 members (excludes halogenated alkanes) is 1. The molecule has 0 fully saturated rings. The van der Waals surface area contributed by atoms with Gasteiger partial charge in [-0.15, -0.1) is 11.3 Å². The van der Waals surface area contributed by atoms with Crippen molar-refractivity contribution in [2.45, 2.75) is 32.2 Å². The molecule has 0 aliphatic rings. The second-order valence-electron chi connectivity index (χ2n) is 5.33.